The van der Waals surface area contributed by atoms with Gasteiger partial charge in [0.25, 0.3) is 5.91 Å². The van der Waals surface area contributed by atoms with Crippen molar-refractivity contribution in [1.82, 2.24) is 4.90 Å². The fourth-order valence-electron chi connectivity index (χ4n) is 5.07. The second kappa shape index (κ2) is 6.87. The molecule has 2 fully saturated rings. The Balaban J connectivity index is 1.50. The molecule has 5 rings (SSSR count). The predicted octanol–water partition coefficient (Wildman–Crippen LogP) is 4.89. The maximum absolute atomic E-state index is 13.5. The van der Waals surface area contributed by atoms with Gasteiger partial charge in [-0.25, -0.2) is 0 Å². The summed E-state index contributed by atoms with van der Waals surface area (Å²) in [6, 6.07) is 8.62. The number of nitrogens with one attached hydrogen (secondary N) is 1. The van der Waals surface area contributed by atoms with E-state index in [0.717, 1.165) is 12.8 Å². The van der Waals surface area contributed by atoms with Crippen molar-refractivity contribution in [3.63, 3.8) is 0 Å². The van der Waals surface area contributed by atoms with Crippen LogP contribution in [0.15, 0.2) is 29.6 Å². The first-order valence-corrected chi connectivity index (χ1v) is 11.0. The molecule has 3 aliphatic heterocycles. The van der Waals surface area contributed by atoms with E-state index in [1.54, 1.807) is 10.3 Å². The smallest absolute Gasteiger partial charge is 0.258 e. The number of anilines is 3. The van der Waals surface area contributed by atoms with E-state index >= 15 is 0 Å². The number of thiophene rings is 1. The highest BCUT2D eigenvalue weighted by Crippen LogP contribution is 2.46. The van der Waals surface area contributed by atoms with Crippen LogP contribution in [0.3, 0.4) is 0 Å². The molecule has 5 nitrogen and oxygen atoms in total. The summed E-state index contributed by atoms with van der Waals surface area (Å²) in [5, 5.41) is 4.65. The largest absolute Gasteiger partial charge is 0.320 e. The molecule has 2 amide bonds. The van der Waals surface area contributed by atoms with E-state index < -0.39 is 0 Å². The van der Waals surface area contributed by atoms with Crippen LogP contribution >= 0.6 is 22.9 Å². The Labute approximate surface area is 173 Å². The second-order valence-electron chi connectivity index (χ2n) is 8.06. The topological polar surface area (TPSA) is 52.7 Å². The summed E-state index contributed by atoms with van der Waals surface area (Å²) in [6.07, 6.45) is 5.08. The van der Waals surface area contributed by atoms with Crippen molar-refractivity contribution in [2.24, 2.45) is 5.92 Å². The standard InChI is InChI=1S/C21H22ClN3O2S/c1-24-13-6-7-14(24)9-12(8-13)10-18(26)25-17-5-3-2-4-16(17)23-21(27)15-11-28-20(22)19(15)25/h2-5,11-14H,6-10H2,1H3,(H,23,27). The van der Waals surface area contributed by atoms with E-state index in [2.05, 4.69) is 17.3 Å². The van der Waals surface area contributed by atoms with Gasteiger partial charge < -0.3 is 10.2 Å². The monoisotopic (exact) mass is 415 g/mol. The molecule has 146 valence electrons. The van der Waals surface area contributed by atoms with Crippen LogP contribution in [0.2, 0.25) is 4.34 Å². The highest BCUT2D eigenvalue weighted by Gasteiger charge is 2.40. The summed E-state index contributed by atoms with van der Waals surface area (Å²) in [5.74, 6) is 0.166. The van der Waals surface area contributed by atoms with Crippen LogP contribution in [0.25, 0.3) is 0 Å². The lowest BCUT2D eigenvalue weighted by molar-refractivity contribution is -0.119. The van der Waals surface area contributed by atoms with E-state index in [9.17, 15) is 9.59 Å². The van der Waals surface area contributed by atoms with Crippen molar-refractivity contribution in [2.45, 2.75) is 44.2 Å². The van der Waals surface area contributed by atoms with Gasteiger partial charge in [-0.2, -0.15) is 0 Å². The predicted molar refractivity (Wildman–Crippen MR) is 113 cm³/mol. The number of carbonyl (C=O) groups excluding carboxylic acids is 2. The molecule has 2 aromatic rings. The maximum atomic E-state index is 13.5. The van der Waals surface area contributed by atoms with Gasteiger partial charge in [-0.05, 0) is 50.8 Å². The third-order valence-electron chi connectivity index (χ3n) is 6.49. The molecule has 0 spiro atoms. The van der Waals surface area contributed by atoms with Crippen molar-refractivity contribution >= 4 is 51.8 Å². The molecule has 1 N–H and O–H groups in total. The molecule has 7 heteroatoms. The molecule has 4 heterocycles. The van der Waals surface area contributed by atoms with Gasteiger partial charge in [-0.3, -0.25) is 14.5 Å². The summed E-state index contributed by atoms with van der Waals surface area (Å²) in [4.78, 5) is 30.4. The highest BCUT2D eigenvalue weighted by molar-refractivity contribution is 7.15. The summed E-state index contributed by atoms with van der Waals surface area (Å²) < 4.78 is 0.471. The summed E-state index contributed by atoms with van der Waals surface area (Å²) >= 11 is 7.75. The van der Waals surface area contributed by atoms with E-state index in [0.29, 0.717) is 51.4 Å². The van der Waals surface area contributed by atoms with Gasteiger partial charge in [0, 0.05) is 23.9 Å². The third-order valence-corrected chi connectivity index (χ3v) is 7.69. The number of halogens is 1. The van der Waals surface area contributed by atoms with E-state index in [1.807, 2.05) is 24.3 Å². The molecule has 0 saturated carbocycles. The fourth-order valence-corrected chi connectivity index (χ4v) is 6.14. The molecule has 1 aromatic heterocycles. The Bertz CT molecular complexity index is 945. The van der Waals surface area contributed by atoms with E-state index in [4.69, 9.17) is 11.6 Å². The first-order valence-electron chi connectivity index (χ1n) is 9.75. The molecule has 2 bridgehead atoms. The number of benzene rings is 1. The van der Waals surface area contributed by atoms with Crippen molar-refractivity contribution in [2.75, 3.05) is 17.3 Å². The molecule has 2 unspecified atom stereocenters. The Kier molecular flexibility index (Phi) is 4.45. The summed E-state index contributed by atoms with van der Waals surface area (Å²) in [6.45, 7) is 0. The lowest BCUT2D eigenvalue weighted by Gasteiger charge is -2.36. The van der Waals surface area contributed by atoms with Crippen LogP contribution in [0.1, 0.15) is 42.5 Å². The first-order chi connectivity index (χ1) is 13.5. The summed E-state index contributed by atoms with van der Waals surface area (Å²) in [5.41, 5.74) is 2.32. The highest BCUT2D eigenvalue weighted by atomic mass is 35.5. The lowest BCUT2D eigenvalue weighted by atomic mass is 9.88. The molecule has 1 aromatic carbocycles. The first kappa shape index (κ1) is 18.2. The average molecular weight is 416 g/mol. The zero-order chi connectivity index (χ0) is 19.4. The van der Waals surface area contributed by atoms with E-state index in [1.165, 1.54) is 24.2 Å². The van der Waals surface area contributed by atoms with Crippen LogP contribution in [-0.4, -0.2) is 35.8 Å². The molecule has 2 atom stereocenters. The molecular weight excluding hydrogens is 394 g/mol. The fraction of sp³-hybridized carbons (Fsp3) is 0.429. The Hall–Kier alpha value is -1.89. The number of piperidine rings is 1. The maximum Gasteiger partial charge on any atom is 0.258 e. The quantitative estimate of drug-likeness (QED) is 0.759. The summed E-state index contributed by atoms with van der Waals surface area (Å²) in [7, 11) is 2.21. The molecular formula is C21H22ClN3O2S. The van der Waals surface area contributed by atoms with Gasteiger partial charge >= 0.3 is 0 Å². The minimum Gasteiger partial charge on any atom is -0.320 e. The number of amides is 2. The zero-order valence-corrected chi connectivity index (χ0v) is 17.2. The van der Waals surface area contributed by atoms with Crippen LogP contribution in [0, 0.1) is 5.92 Å². The van der Waals surface area contributed by atoms with Gasteiger partial charge in [0.1, 0.15) is 4.34 Å². The van der Waals surface area contributed by atoms with Crippen LogP contribution in [0.4, 0.5) is 17.1 Å². The zero-order valence-electron chi connectivity index (χ0n) is 15.7. The number of fused-ring (bicyclic) bond motifs is 4. The van der Waals surface area contributed by atoms with E-state index in [-0.39, 0.29) is 11.8 Å². The van der Waals surface area contributed by atoms with Crippen LogP contribution in [-0.2, 0) is 4.79 Å². The Morgan fingerprint density at radius 2 is 1.96 bits per heavy atom. The molecule has 3 aliphatic rings. The number of hydrogen-bond donors (Lipinski definition) is 1. The lowest BCUT2D eigenvalue weighted by Crippen LogP contribution is -2.41. The number of carbonyl (C=O) groups is 2. The number of rotatable bonds is 2. The van der Waals surface area contributed by atoms with Crippen molar-refractivity contribution < 1.29 is 9.59 Å². The van der Waals surface area contributed by atoms with Gasteiger partial charge in [0.15, 0.2) is 0 Å². The molecule has 2 saturated heterocycles. The van der Waals surface area contributed by atoms with Crippen LogP contribution < -0.4 is 10.2 Å². The molecule has 0 aliphatic carbocycles. The number of hydrogen-bond acceptors (Lipinski definition) is 4. The SMILES string of the molecule is CN1C2CCC1CC(CC(=O)N1c3ccccc3NC(=O)c3csc(Cl)c31)C2. The van der Waals surface area contributed by atoms with Gasteiger partial charge in [0.2, 0.25) is 5.91 Å². The third kappa shape index (κ3) is 2.86. The molecule has 28 heavy (non-hydrogen) atoms. The molecule has 0 radical (unpaired) electrons. The van der Waals surface area contributed by atoms with Crippen molar-refractivity contribution in [1.29, 1.82) is 0 Å². The Morgan fingerprint density at radius 3 is 2.71 bits per heavy atom. The second-order valence-corrected chi connectivity index (χ2v) is 9.55. The normalized spacial score (nSPS) is 26.4. The minimum absolute atomic E-state index is 0.0134. The van der Waals surface area contributed by atoms with Gasteiger partial charge in [-0.1, -0.05) is 23.7 Å². The number of nitrogens with zero attached hydrogens (tertiary/aromatic N) is 2. The minimum atomic E-state index is -0.224. The van der Waals surface area contributed by atoms with Crippen molar-refractivity contribution in [3.05, 3.63) is 39.5 Å². The van der Waals surface area contributed by atoms with Crippen molar-refractivity contribution in [3.8, 4) is 0 Å². The number of para-hydroxylation sites is 2. The van der Waals surface area contributed by atoms with Gasteiger partial charge in [0.05, 0.1) is 22.6 Å². The Morgan fingerprint density at radius 1 is 1.25 bits per heavy atom. The average Bonchev–Trinajstić information content (AvgIpc) is 3.07. The van der Waals surface area contributed by atoms with Crippen LogP contribution in [0.5, 0.6) is 0 Å². The van der Waals surface area contributed by atoms with Gasteiger partial charge in [-0.15, -0.1) is 11.3 Å².